The summed E-state index contributed by atoms with van der Waals surface area (Å²) in [6.45, 7) is 5.88. The number of aryl methyl sites for hydroxylation is 1. The van der Waals surface area contributed by atoms with Gasteiger partial charge >= 0.3 is 0 Å². The van der Waals surface area contributed by atoms with Crippen molar-refractivity contribution < 1.29 is 0 Å². The molecule has 0 atom stereocenters. The molecule has 3 aromatic rings. The zero-order valence-electron chi connectivity index (χ0n) is 18.6. The predicted molar refractivity (Wildman–Crippen MR) is 127 cm³/mol. The van der Waals surface area contributed by atoms with Gasteiger partial charge in [0.15, 0.2) is 0 Å². The molecule has 160 valence electrons. The molecule has 4 rings (SSSR count). The molecule has 1 aromatic heterocycles. The molecule has 0 radical (unpaired) electrons. The molecule has 0 amide bonds. The Labute approximate surface area is 186 Å². The Morgan fingerprint density at radius 3 is 2.48 bits per heavy atom. The number of aromatic nitrogens is 1. The van der Waals surface area contributed by atoms with Crippen LogP contribution in [-0.4, -0.2) is 16.0 Å². The first-order valence-corrected chi connectivity index (χ1v) is 11.6. The molecule has 0 bridgehead atoms. The second kappa shape index (κ2) is 10.5. The Bertz CT molecular complexity index is 1000. The molecule has 0 spiro atoms. The summed E-state index contributed by atoms with van der Waals surface area (Å²) >= 11 is 0. The van der Waals surface area contributed by atoms with Crippen LogP contribution in [-0.2, 0) is 19.6 Å². The maximum Gasteiger partial charge on any atom is 0.0995 e. The Morgan fingerprint density at radius 1 is 0.935 bits per heavy atom. The van der Waals surface area contributed by atoms with Crippen LogP contribution < -0.4 is 0 Å². The number of hydrogen-bond donors (Lipinski definition) is 0. The van der Waals surface area contributed by atoms with E-state index in [1.54, 1.807) is 0 Å². The molecule has 2 aromatic carbocycles. The van der Waals surface area contributed by atoms with Gasteiger partial charge in [-0.05, 0) is 55.0 Å². The van der Waals surface area contributed by atoms with Crippen molar-refractivity contribution in [3.05, 3.63) is 94.8 Å². The monoisotopic (exact) mass is 411 g/mol. The summed E-state index contributed by atoms with van der Waals surface area (Å²) in [4.78, 5) is 2.56. The zero-order chi connectivity index (χ0) is 21.5. The van der Waals surface area contributed by atoms with Gasteiger partial charge in [0.05, 0.1) is 11.6 Å². The normalized spacial score (nSPS) is 14.6. The lowest BCUT2D eigenvalue weighted by atomic mass is 9.88. The van der Waals surface area contributed by atoms with Crippen molar-refractivity contribution in [3.63, 3.8) is 0 Å². The standard InChI is InChI=1S/C28H33N3/c1-23-13-15-25(16-14-23)20-31-17-7-12-28(31)22-30(19-24-8-3-2-4-9-24)21-27-11-6-5-10-26(27)18-29/h5-7,10-17,24H,2-4,8-9,19-22H2,1H3. The minimum absolute atomic E-state index is 0.767. The Kier molecular flexibility index (Phi) is 7.22. The Morgan fingerprint density at radius 2 is 1.71 bits per heavy atom. The fourth-order valence-electron chi connectivity index (χ4n) is 4.79. The van der Waals surface area contributed by atoms with Crippen molar-refractivity contribution in [1.82, 2.24) is 9.47 Å². The first-order valence-electron chi connectivity index (χ1n) is 11.6. The van der Waals surface area contributed by atoms with E-state index in [0.717, 1.165) is 43.2 Å². The molecule has 1 heterocycles. The second-order valence-electron chi connectivity index (χ2n) is 9.06. The van der Waals surface area contributed by atoms with Crippen LogP contribution in [0.15, 0.2) is 66.9 Å². The van der Waals surface area contributed by atoms with Gasteiger partial charge in [0.1, 0.15) is 0 Å². The number of nitriles is 1. The summed E-state index contributed by atoms with van der Waals surface area (Å²) in [5.74, 6) is 0.767. The lowest BCUT2D eigenvalue weighted by Crippen LogP contribution is -2.31. The fourth-order valence-corrected chi connectivity index (χ4v) is 4.79. The number of nitrogens with zero attached hydrogens (tertiary/aromatic N) is 3. The van der Waals surface area contributed by atoms with Gasteiger partial charge in [-0.2, -0.15) is 5.26 Å². The molecule has 1 aliphatic rings. The van der Waals surface area contributed by atoms with Gasteiger partial charge < -0.3 is 4.57 Å². The van der Waals surface area contributed by atoms with Gasteiger partial charge in [-0.1, -0.05) is 67.3 Å². The fraction of sp³-hybridized carbons (Fsp3) is 0.393. The quantitative estimate of drug-likeness (QED) is 0.436. The molecular formula is C28H33N3. The van der Waals surface area contributed by atoms with E-state index in [-0.39, 0.29) is 0 Å². The van der Waals surface area contributed by atoms with Gasteiger partial charge in [0, 0.05) is 38.1 Å². The van der Waals surface area contributed by atoms with E-state index in [1.807, 2.05) is 12.1 Å². The topological polar surface area (TPSA) is 32.0 Å². The first kappa shape index (κ1) is 21.4. The first-order chi connectivity index (χ1) is 15.2. The van der Waals surface area contributed by atoms with E-state index in [0.29, 0.717) is 0 Å². The van der Waals surface area contributed by atoms with E-state index in [2.05, 4.69) is 77.2 Å². The maximum absolute atomic E-state index is 9.56. The van der Waals surface area contributed by atoms with E-state index in [1.165, 1.54) is 48.9 Å². The van der Waals surface area contributed by atoms with Gasteiger partial charge in [-0.25, -0.2) is 0 Å². The minimum atomic E-state index is 0.767. The highest BCUT2D eigenvalue weighted by Crippen LogP contribution is 2.26. The highest BCUT2D eigenvalue weighted by molar-refractivity contribution is 5.37. The molecule has 1 fully saturated rings. The zero-order valence-corrected chi connectivity index (χ0v) is 18.6. The van der Waals surface area contributed by atoms with E-state index in [9.17, 15) is 5.26 Å². The van der Waals surface area contributed by atoms with Crippen molar-refractivity contribution >= 4 is 0 Å². The SMILES string of the molecule is Cc1ccc(Cn2cccc2CN(Cc2ccccc2C#N)CC2CCCCC2)cc1. The minimum Gasteiger partial charge on any atom is -0.346 e. The van der Waals surface area contributed by atoms with Gasteiger partial charge in [0.2, 0.25) is 0 Å². The highest BCUT2D eigenvalue weighted by Gasteiger charge is 2.19. The van der Waals surface area contributed by atoms with Crippen molar-refractivity contribution in [2.45, 2.75) is 58.7 Å². The van der Waals surface area contributed by atoms with Crippen LogP contribution >= 0.6 is 0 Å². The summed E-state index contributed by atoms with van der Waals surface area (Å²) in [6, 6.07) is 23.7. The molecule has 0 saturated heterocycles. The molecular weight excluding hydrogens is 378 g/mol. The van der Waals surface area contributed by atoms with Gasteiger partial charge in [-0.15, -0.1) is 0 Å². The van der Waals surface area contributed by atoms with Crippen molar-refractivity contribution in [3.8, 4) is 6.07 Å². The number of benzene rings is 2. The van der Waals surface area contributed by atoms with E-state index in [4.69, 9.17) is 0 Å². The summed E-state index contributed by atoms with van der Waals surface area (Å²) < 4.78 is 2.37. The molecule has 1 aliphatic carbocycles. The Balaban J connectivity index is 1.52. The molecule has 0 unspecified atom stereocenters. The third-order valence-corrected chi connectivity index (χ3v) is 6.56. The van der Waals surface area contributed by atoms with E-state index < -0.39 is 0 Å². The summed E-state index contributed by atoms with van der Waals surface area (Å²) in [5, 5.41) is 9.56. The van der Waals surface area contributed by atoms with Gasteiger partial charge in [0.25, 0.3) is 0 Å². The van der Waals surface area contributed by atoms with Crippen LogP contribution in [0.2, 0.25) is 0 Å². The lowest BCUT2D eigenvalue weighted by molar-refractivity contribution is 0.183. The third-order valence-electron chi connectivity index (χ3n) is 6.56. The molecule has 0 N–H and O–H groups in total. The van der Waals surface area contributed by atoms with Crippen LogP contribution in [0.3, 0.4) is 0 Å². The summed E-state index contributed by atoms with van der Waals surface area (Å²) in [6.07, 6.45) is 8.96. The van der Waals surface area contributed by atoms with Crippen LogP contribution in [0, 0.1) is 24.2 Å². The average Bonchev–Trinajstić information content (AvgIpc) is 3.23. The van der Waals surface area contributed by atoms with Gasteiger partial charge in [-0.3, -0.25) is 4.90 Å². The second-order valence-corrected chi connectivity index (χ2v) is 9.06. The van der Waals surface area contributed by atoms with Crippen molar-refractivity contribution in [2.24, 2.45) is 5.92 Å². The molecule has 31 heavy (non-hydrogen) atoms. The number of hydrogen-bond acceptors (Lipinski definition) is 2. The summed E-state index contributed by atoms with van der Waals surface area (Å²) in [7, 11) is 0. The maximum atomic E-state index is 9.56. The average molecular weight is 412 g/mol. The molecule has 0 aliphatic heterocycles. The smallest absolute Gasteiger partial charge is 0.0995 e. The molecule has 3 heteroatoms. The summed E-state index contributed by atoms with van der Waals surface area (Å²) in [5.41, 5.74) is 5.90. The van der Waals surface area contributed by atoms with Crippen LogP contribution in [0.5, 0.6) is 0 Å². The largest absolute Gasteiger partial charge is 0.346 e. The van der Waals surface area contributed by atoms with Crippen LogP contribution in [0.4, 0.5) is 0 Å². The Hall–Kier alpha value is -2.83. The highest BCUT2D eigenvalue weighted by atomic mass is 15.1. The molecule has 1 saturated carbocycles. The third kappa shape index (κ3) is 5.87. The number of rotatable bonds is 8. The van der Waals surface area contributed by atoms with E-state index >= 15 is 0 Å². The predicted octanol–water partition coefficient (Wildman–Crippen LogP) is 6.30. The lowest BCUT2D eigenvalue weighted by Gasteiger charge is -2.30. The van der Waals surface area contributed by atoms with Crippen molar-refractivity contribution in [1.29, 1.82) is 5.26 Å². The molecule has 3 nitrogen and oxygen atoms in total. The van der Waals surface area contributed by atoms with Crippen LogP contribution in [0.25, 0.3) is 0 Å². The van der Waals surface area contributed by atoms with Crippen LogP contribution in [0.1, 0.15) is 60.1 Å². The van der Waals surface area contributed by atoms with Crippen molar-refractivity contribution in [2.75, 3.05) is 6.54 Å².